The zero-order valence-corrected chi connectivity index (χ0v) is 14.2. The number of amides is 1. The van der Waals surface area contributed by atoms with Gasteiger partial charge in [0.2, 0.25) is 0 Å². The Morgan fingerprint density at radius 3 is 2.48 bits per heavy atom. The van der Waals surface area contributed by atoms with Crippen LogP contribution in [0.25, 0.3) is 11.0 Å². The van der Waals surface area contributed by atoms with E-state index >= 15 is 0 Å². The number of halogens is 2. The number of hydrogen-bond acceptors (Lipinski definition) is 2. The quantitative estimate of drug-likeness (QED) is 0.833. The molecule has 1 heterocycles. The highest BCUT2D eigenvalue weighted by Crippen LogP contribution is 2.24. The summed E-state index contributed by atoms with van der Waals surface area (Å²) in [6.07, 6.45) is -2.64. The van der Waals surface area contributed by atoms with Crippen LogP contribution in [0.15, 0.2) is 18.2 Å². The maximum Gasteiger partial charge on any atom is 0.295 e. The number of aryl methyl sites for hydroxylation is 1. The predicted octanol–water partition coefficient (Wildman–Crippen LogP) is 4.02. The molecule has 0 spiro atoms. The van der Waals surface area contributed by atoms with Gasteiger partial charge in [-0.3, -0.25) is 4.79 Å². The Morgan fingerprint density at radius 1 is 1.30 bits per heavy atom. The largest absolute Gasteiger partial charge is 0.336 e. The summed E-state index contributed by atoms with van der Waals surface area (Å²) in [6, 6.07) is 5.05. The predicted molar refractivity (Wildman–Crippen MR) is 86.7 cm³/mol. The molecule has 6 heteroatoms. The van der Waals surface area contributed by atoms with Crippen LogP contribution in [0.3, 0.4) is 0 Å². The SMILES string of the molecule is CCN(C(=O)c1ccc2c(c1)nc(C(F)F)n2C)C(C)C(C)C. The van der Waals surface area contributed by atoms with Crippen molar-refractivity contribution in [3.63, 3.8) is 0 Å². The average Bonchev–Trinajstić information content (AvgIpc) is 2.84. The van der Waals surface area contributed by atoms with E-state index in [9.17, 15) is 13.6 Å². The van der Waals surface area contributed by atoms with Crippen molar-refractivity contribution in [2.45, 2.75) is 40.2 Å². The van der Waals surface area contributed by atoms with Crippen molar-refractivity contribution in [3.8, 4) is 0 Å². The van der Waals surface area contributed by atoms with E-state index in [1.54, 1.807) is 30.1 Å². The number of aromatic nitrogens is 2. The van der Waals surface area contributed by atoms with Crippen molar-refractivity contribution < 1.29 is 13.6 Å². The fraction of sp³-hybridized carbons (Fsp3) is 0.529. The molecule has 0 fully saturated rings. The van der Waals surface area contributed by atoms with Crippen LogP contribution in [0, 0.1) is 5.92 Å². The first-order chi connectivity index (χ1) is 10.8. The molecule has 0 radical (unpaired) electrons. The minimum Gasteiger partial charge on any atom is -0.336 e. The number of benzene rings is 1. The Labute approximate surface area is 135 Å². The van der Waals surface area contributed by atoms with E-state index in [0.29, 0.717) is 29.1 Å². The number of rotatable bonds is 5. The van der Waals surface area contributed by atoms with Crippen LogP contribution in [0.5, 0.6) is 0 Å². The molecular weight excluding hydrogens is 300 g/mol. The first-order valence-corrected chi connectivity index (χ1v) is 7.83. The van der Waals surface area contributed by atoms with Gasteiger partial charge in [0.05, 0.1) is 11.0 Å². The van der Waals surface area contributed by atoms with Crippen molar-refractivity contribution in [2.24, 2.45) is 13.0 Å². The highest BCUT2D eigenvalue weighted by atomic mass is 19.3. The van der Waals surface area contributed by atoms with Gasteiger partial charge in [-0.2, -0.15) is 0 Å². The zero-order chi connectivity index (χ0) is 17.3. The number of carbonyl (C=O) groups excluding carboxylic acids is 1. The lowest BCUT2D eigenvalue weighted by molar-refractivity contribution is 0.0660. The third-order valence-corrected chi connectivity index (χ3v) is 4.42. The maximum absolute atomic E-state index is 12.9. The van der Waals surface area contributed by atoms with Gasteiger partial charge in [0, 0.05) is 25.2 Å². The Kier molecular flexibility index (Phi) is 5.02. The smallest absolute Gasteiger partial charge is 0.295 e. The van der Waals surface area contributed by atoms with Crippen molar-refractivity contribution >= 4 is 16.9 Å². The van der Waals surface area contributed by atoms with Crippen LogP contribution in [-0.4, -0.2) is 32.9 Å². The first kappa shape index (κ1) is 17.4. The summed E-state index contributed by atoms with van der Waals surface area (Å²) in [5, 5.41) is 0. The third kappa shape index (κ3) is 3.21. The summed E-state index contributed by atoms with van der Waals surface area (Å²) < 4.78 is 27.3. The molecule has 0 aliphatic carbocycles. The van der Waals surface area contributed by atoms with Crippen LogP contribution in [-0.2, 0) is 7.05 Å². The molecule has 1 amide bonds. The average molecular weight is 323 g/mol. The summed E-state index contributed by atoms with van der Waals surface area (Å²) in [7, 11) is 1.55. The Hall–Kier alpha value is -1.98. The second kappa shape index (κ2) is 6.64. The van der Waals surface area contributed by atoms with Gasteiger partial charge in [-0.15, -0.1) is 0 Å². The van der Waals surface area contributed by atoms with Gasteiger partial charge in [0.1, 0.15) is 0 Å². The van der Waals surface area contributed by atoms with Crippen LogP contribution in [0.1, 0.15) is 50.3 Å². The summed E-state index contributed by atoms with van der Waals surface area (Å²) in [5.41, 5.74) is 1.49. The van der Waals surface area contributed by atoms with Crippen LogP contribution < -0.4 is 0 Å². The molecule has 1 aromatic heterocycles. The number of alkyl halides is 2. The molecule has 0 bridgehead atoms. The highest BCUT2D eigenvalue weighted by Gasteiger charge is 2.23. The molecule has 2 aromatic rings. The first-order valence-electron chi connectivity index (χ1n) is 7.83. The molecule has 23 heavy (non-hydrogen) atoms. The van der Waals surface area contributed by atoms with E-state index in [2.05, 4.69) is 18.8 Å². The van der Waals surface area contributed by atoms with E-state index in [0.717, 1.165) is 0 Å². The van der Waals surface area contributed by atoms with Gasteiger partial charge in [-0.05, 0) is 38.0 Å². The molecule has 0 saturated heterocycles. The lowest BCUT2D eigenvalue weighted by Crippen LogP contribution is -2.41. The summed E-state index contributed by atoms with van der Waals surface area (Å²) in [5.74, 6) is -0.0461. The van der Waals surface area contributed by atoms with Gasteiger partial charge in [-0.25, -0.2) is 13.8 Å². The summed E-state index contributed by atoms with van der Waals surface area (Å²) >= 11 is 0. The highest BCUT2D eigenvalue weighted by molar-refractivity contribution is 5.97. The summed E-state index contributed by atoms with van der Waals surface area (Å²) in [4.78, 5) is 18.5. The monoisotopic (exact) mass is 323 g/mol. The van der Waals surface area contributed by atoms with Gasteiger partial charge in [0.25, 0.3) is 12.3 Å². The van der Waals surface area contributed by atoms with E-state index in [1.165, 1.54) is 4.57 Å². The van der Waals surface area contributed by atoms with Gasteiger partial charge >= 0.3 is 0 Å². The van der Waals surface area contributed by atoms with Crippen LogP contribution in [0.4, 0.5) is 8.78 Å². The maximum atomic E-state index is 12.9. The molecular formula is C17H23F2N3O. The van der Waals surface area contributed by atoms with Crippen molar-refractivity contribution in [1.29, 1.82) is 0 Å². The zero-order valence-electron chi connectivity index (χ0n) is 14.2. The lowest BCUT2D eigenvalue weighted by atomic mass is 10.0. The summed E-state index contributed by atoms with van der Waals surface area (Å²) in [6.45, 7) is 8.68. The van der Waals surface area contributed by atoms with Crippen LogP contribution in [0.2, 0.25) is 0 Å². The standard InChI is InChI=1S/C17H23F2N3O/c1-6-22(11(4)10(2)3)17(23)12-7-8-14-13(9-12)20-16(15(18)19)21(14)5/h7-11,15H,6H2,1-5H3. The molecule has 0 aliphatic heterocycles. The number of fused-ring (bicyclic) bond motifs is 1. The number of imidazole rings is 1. The lowest BCUT2D eigenvalue weighted by Gasteiger charge is -2.31. The second-order valence-electron chi connectivity index (χ2n) is 6.11. The molecule has 0 aliphatic rings. The topological polar surface area (TPSA) is 38.1 Å². The minimum atomic E-state index is -2.64. The van der Waals surface area contributed by atoms with E-state index in [1.807, 2.05) is 13.8 Å². The number of carbonyl (C=O) groups is 1. The Morgan fingerprint density at radius 2 is 1.96 bits per heavy atom. The molecule has 126 valence electrons. The van der Waals surface area contributed by atoms with Crippen molar-refractivity contribution in [3.05, 3.63) is 29.6 Å². The normalized spacial score (nSPS) is 13.1. The van der Waals surface area contributed by atoms with E-state index in [4.69, 9.17) is 0 Å². The van der Waals surface area contributed by atoms with Crippen LogP contribution >= 0.6 is 0 Å². The van der Waals surface area contributed by atoms with Gasteiger partial charge in [-0.1, -0.05) is 13.8 Å². The molecule has 1 unspecified atom stereocenters. The molecule has 0 N–H and O–H groups in total. The Balaban J connectivity index is 2.42. The molecule has 0 saturated carbocycles. The fourth-order valence-electron chi connectivity index (χ4n) is 2.69. The fourth-order valence-corrected chi connectivity index (χ4v) is 2.69. The number of nitrogens with zero attached hydrogens (tertiary/aromatic N) is 3. The van der Waals surface area contributed by atoms with Gasteiger partial charge in [0.15, 0.2) is 5.82 Å². The van der Waals surface area contributed by atoms with E-state index in [-0.39, 0.29) is 17.8 Å². The molecule has 1 atom stereocenters. The molecule has 2 rings (SSSR count). The molecule has 4 nitrogen and oxygen atoms in total. The van der Waals surface area contributed by atoms with Crippen molar-refractivity contribution in [1.82, 2.24) is 14.5 Å². The van der Waals surface area contributed by atoms with Gasteiger partial charge < -0.3 is 9.47 Å². The Bertz CT molecular complexity index is 709. The van der Waals surface area contributed by atoms with Crippen molar-refractivity contribution in [2.75, 3.05) is 6.54 Å². The third-order valence-electron chi connectivity index (χ3n) is 4.42. The molecule has 1 aromatic carbocycles. The second-order valence-corrected chi connectivity index (χ2v) is 6.11. The minimum absolute atomic E-state index is 0.0974. The number of hydrogen-bond donors (Lipinski definition) is 0. The van der Waals surface area contributed by atoms with E-state index < -0.39 is 6.43 Å².